The van der Waals surface area contributed by atoms with Crippen molar-refractivity contribution >= 4 is 23.2 Å². The highest BCUT2D eigenvalue weighted by atomic mass is 16.7. The van der Waals surface area contributed by atoms with Crippen molar-refractivity contribution in [2.45, 2.75) is 45.8 Å². The quantitative estimate of drug-likeness (QED) is 0.643. The fourth-order valence-electron chi connectivity index (χ4n) is 4.21. The number of fused-ring (bicyclic) bond motifs is 1. The standard InChI is InChI=1S/C24H28N2O4/c1-4-14-29-19-12-10-17(11-13-19)25-23(27)21-20(15-16(2)3)26(30-22(21)24(25)28)18-8-6-5-7-9-18/h5-13,16,20-22H,4,14-15H2,1-3H3/t20-,21-,22+/m0/s1. The molecule has 0 unspecified atom stereocenters. The van der Waals surface area contributed by atoms with Crippen LogP contribution in [0.25, 0.3) is 0 Å². The number of para-hydroxylation sites is 1. The summed E-state index contributed by atoms with van der Waals surface area (Å²) in [7, 11) is 0. The molecule has 0 radical (unpaired) electrons. The van der Waals surface area contributed by atoms with Gasteiger partial charge in [-0.1, -0.05) is 39.0 Å². The average Bonchev–Trinajstić information content (AvgIpc) is 3.23. The molecular weight excluding hydrogens is 380 g/mol. The Kier molecular flexibility index (Phi) is 5.77. The number of imide groups is 1. The van der Waals surface area contributed by atoms with Crippen molar-refractivity contribution in [3.8, 4) is 5.75 Å². The van der Waals surface area contributed by atoms with Crippen molar-refractivity contribution in [1.82, 2.24) is 0 Å². The third-order valence-electron chi connectivity index (χ3n) is 5.53. The molecule has 0 saturated carbocycles. The summed E-state index contributed by atoms with van der Waals surface area (Å²) >= 11 is 0. The van der Waals surface area contributed by atoms with Gasteiger partial charge in [-0.25, -0.2) is 9.96 Å². The van der Waals surface area contributed by atoms with Gasteiger partial charge in [0.25, 0.3) is 5.91 Å². The van der Waals surface area contributed by atoms with Crippen LogP contribution in [0.15, 0.2) is 54.6 Å². The molecular formula is C24H28N2O4. The summed E-state index contributed by atoms with van der Waals surface area (Å²) in [6.45, 7) is 6.90. The Bertz CT molecular complexity index is 897. The molecule has 6 nitrogen and oxygen atoms in total. The molecule has 0 aliphatic carbocycles. The van der Waals surface area contributed by atoms with E-state index in [1.165, 1.54) is 4.90 Å². The third-order valence-corrected chi connectivity index (χ3v) is 5.53. The number of carbonyl (C=O) groups is 2. The molecule has 2 fully saturated rings. The third kappa shape index (κ3) is 3.67. The Hall–Kier alpha value is -2.86. The van der Waals surface area contributed by atoms with E-state index in [0.29, 0.717) is 18.2 Å². The van der Waals surface area contributed by atoms with Crippen molar-refractivity contribution in [3.63, 3.8) is 0 Å². The van der Waals surface area contributed by atoms with Crippen LogP contribution in [0.5, 0.6) is 5.75 Å². The molecule has 0 N–H and O–H groups in total. The van der Waals surface area contributed by atoms with Crippen LogP contribution in [0.2, 0.25) is 0 Å². The van der Waals surface area contributed by atoms with Gasteiger partial charge in [-0.2, -0.15) is 0 Å². The number of hydrogen-bond acceptors (Lipinski definition) is 5. The number of carbonyl (C=O) groups excluding carboxylic acids is 2. The molecule has 3 atom stereocenters. The van der Waals surface area contributed by atoms with Crippen LogP contribution in [0.1, 0.15) is 33.6 Å². The minimum absolute atomic E-state index is 0.189. The molecule has 2 heterocycles. The highest BCUT2D eigenvalue weighted by molar-refractivity contribution is 6.23. The van der Waals surface area contributed by atoms with Crippen LogP contribution in [-0.4, -0.2) is 30.6 Å². The van der Waals surface area contributed by atoms with Gasteiger partial charge in [0.2, 0.25) is 5.91 Å². The SMILES string of the molecule is CCCOc1ccc(N2C(=O)[C@@H]3[C@@H](ON(c4ccccc4)[C@H]3CC(C)C)C2=O)cc1. The number of rotatable bonds is 7. The van der Waals surface area contributed by atoms with Crippen molar-refractivity contribution in [2.24, 2.45) is 11.8 Å². The molecule has 0 spiro atoms. The summed E-state index contributed by atoms with van der Waals surface area (Å²) in [6.07, 6.45) is 0.880. The fraction of sp³-hybridized carbons (Fsp3) is 0.417. The zero-order valence-corrected chi connectivity index (χ0v) is 17.7. The van der Waals surface area contributed by atoms with E-state index < -0.39 is 12.0 Å². The van der Waals surface area contributed by atoms with Crippen molar-refractivity contribution in [2.75, 3.05) is 16.6 Å². The zero-order valence-electron chi connectivity index (χ0n) is 17.7. The number of hydrogen-bond donors (Lipinski definition) is 0. The van der Waals surface area contributed by atoms with Crippen LogP contribution >= 0.6 is 0 Å². The molecule has 30 heavy (non-hydrogen) atoms. The molecule has 2 amide bonds. The first-order valence-corrected chi connectivity index (χ1v) is 10.6. The second kappa shape index (κ2) is 8.48. The van der Waals surface area contributed by atoms with Crippen molar-refractivity contribution < 1.29 is 19.2 Å². The Labute approximate surface area is 177 Å². The number of nitrogens with zero attached hydrogens (tertiary/aromatic N) is 2. The highest BCUT2D eigenvalue weighted by Crippen LogP contribution is 2.42. The van der Waals surface area contributed by atoms with Crippen LogP contribution in [-0.2, 0) is 14.4 Å². The van der Waals surface area contributed by atoms with E-state index in [-0.39, 0.29) is 17.9 Å². The smallest absolute Gasteiger partial charge is 0.266 e. The molecule has 2 aromatic rings. The monoisotopic (exact) mass is 408 g/mol. The average molecular weight is 408 g/mol. The van der Waals surface area contributed by atoms with Crippen LogP contribution < -0.4 is 14.7 Å². The molecule has 6 heteroatoms. The van der Waals surface area contributed by atoms with E-state index in [2.05, 4.69) is 13.8 Å². The van der Waals surface area contributed by atoms with E-state index >= 15 is 0 Å². The topological polar surface area (TPSA) is 59.1 Å². The van der Waals surface area contributed by atoms with E-state index in [4.69, 9.17) is 9.57 Å². The van der Waals surface area contributed by atoms with Gasteiger partial charge >= 0.3 is 0 Å². The van der Waals surface area contributed by atoms with E-state index in [9.17, 15) is 9.59 Å². The lowest BCUT2D eigenvalue weighted by Gasteiger charge is -2.29. The first-order chi connectivity index (χ1) is 14.5. The van der Waals surface area contributed by atoms with Gasteiger partial charge in [-0.15, -0.1) is 0 Å². The first kappa shape index (κ1) is 20.4. The van der Waals surface area contributed by atoms with Gasteiger partial charge in [-0.3, -0.25) is 14.4 Å². The number of anilines is 2. The van der Waals surface area contributed by atoms with E-state index in [1.807, 2.05) is 37.3 Å². The predicted molar refractivity (Wildman–Crippen MR) is 115 cm³/mol. The fourth-order valence-corrected chi connectivity index (χ4v) is 4.21. The van der Waals surface area contributed by atoms with Gasteiger partial charge in [0.1, 0.15) is 5.75 Å². The van der Waals surface area contributed by atoms with Crippen LogP contribution in [0.4, 0.5) is 11.4 Å². The maximum absolute atomic E-state index is 13.4. The minimum Gasteiger partial charge on any atom is -0.494 e. The highest BCUT2D eigenvalue weighted by Gasteiger charge is 2.59. The predicted octanol–water partition coefficient (Wildman–Crippen LogP) is 4.20. The molecule has 2 saturated heterocycles. The Morgan fingerprint density at radius 3 is 2.30 bits per heavy atom. The maximum atomic E-state index is 13.4. The minimum atomic E-state index is -0.794. The van der Waals surface area contributed by atoms with Gasteiger partial charge in [0.05, 0.1) is 29.9 Å². The van der Waals surface area contributed by atoms with E-state index in [0.717, 1.165) is 24.3 Å². The molecule has 0 bridgehead atoms. The number of benzene rings is 2. The molecule has 2 aliphatic rings. The second-order valence-corrected chi connectivity index (χ2v) is 8.26. The maximum Gasteiger partial charge on any atom is 0.266 e. The normalized spacial score (nSPS) is 23.4. The summed E-state index contributed by atoms with van der Waals surface area (Å²) in [5, 5.41) is 1.77. The lowest BCUT2D eigenvalue weighted by atomic mass is 9.90. The summed E-state index contributed by atoms with van der Waals surface area (Å²) < 4.78 is 5.61. The number of hydroxylamine groups is 1. The Morgan fingerprint density at radius 2 is 1.67 bits per heavy atom. The Morgan fingerprint density at radius 1 is 0.967 bits per heavy atom. The second-order valence-electron chi connectivity index (χ2n) is 8.26. The largest absolute Gasteiger partial charge is 0.494 e. The van der Waals surface area contributed by atoms with Crippen LogP contribution in [0.3, 0.4) is 0 Å². The molecule has 2 aliphatic heterocycles. The number of ether oxygens (including phenoxy) is 1. The van der Waals surface area contributed by atoms with Gasteiger partial charge in [-0.05, 0) is 55.2 Å². The van der Waals surface area contributed by atoms with Crippen molar-refractivity contribution in [3.05, 3.63) is 54.6 Å². The molecule has 4 rings (SSSR count). The molecule has 2 aromatic carbocycles. The number of amides is 2. The first-order valence-electron chi connectivity index (χ1n) is 10.6. The summed E-state index contributed by atoms with van der Waals surface area (Å²) in [5.74, 6) is 0.0615. The zero-order chi connectivity index (χ0) is 21.3. The summed E-state index contributed by atoms with van der Waals surface area (Å²) in [6, 6.07) is 16.6. The Balaban J connectivity index is 1.60. The lowest BCUT2D eigenvalue weighted by Crippen LogP contribution is -2.41. The molecule has 0 aromatic heterocycles. The lowest BCUT2D eigenvalue weighted by molar-refractivity contribution is -0.126. The van der Waals surface area contributed by atoms with Crippen molar-refractivity contribution in [1.29, 1.82) is 0 Å². The summed E-state index contributed by atoms with van der Waals surface area (Å²) in [5.41, 5.74) is 1.42. The van der Waals surface area contributed by atoms with E-state index in [1.54, 1.807) is 29.3 Å². The summed E-state index contributed by atoms with van der Waals surface area (Å²) in [4.78, 5) is 33.9. The van der Waals surface area contributed by atoms with Gasteiger partial charge in [0, 0.05) is 0 Å². The molecule has 158 valence electrons. The van der Waals surface area contributed by atoms with Gasteiger partial charge < -0.3 is 4.74 Å². The van der Waals surface area contributed by atoms with Crippen LogP contribution in [0, 0.1) is 11.8 Å². The van der Waals surface area contributed by atoms with Gasteiger partial charge in [0.15, 0.2) is 6.10 Å².